The molecule has 25 heavy (non-hydrogen) atoms. The summed E-state index contributed by atoms with van der Waals surface area (Å²) in [5.41, 5.74) is 3.04. The van der Waals surface area contributed by atoms with E-state index in [1.807, 2.05) is 6.20 Å². The summed E-state index contributed by atoms with van der Waals surface area (Å²) in [7, 11) is -0.374. The summed E-state index contributed by atoms with van der Waals surface area (Å²) in [6.45, 7) is 6.75. The molecule has 3 heterocycles. The number of ether oxygens (including phenoxy) is 1. The number of halogens is 1. The number of anilines is 1. The summed E-state index contributed by atoms with van der Waals surface area (Å²) in [6, 6.07) is -0.358. The van der Waals surface area contributed by atoms with Gasteiger partial charge in [-0.05, 0) is 14.6 Å². The van der Waals surface area contributed by atoms with Gasteiger partial charge in [0.2, 0.25) is 0 Å². The second-order valence-corrected chi connectivity index (χ2v) is 11.0. The summed E-state index contributed by atoms with van der Waals surface area (Å²) in [5.74, 6) is 0. The molecule has 0 aromatic carbocycles. The molecule has 1 aromatic heterocycles. The number of rotatable bonds is 5. The Kier molecular flexibility index (Phi) is 4.60. The van der Waals surface area contributed by atoms with E-state index < -0.39 is 17.7 Å². The van der Waals surface area contributed by atoms with Gasteiger partial charge in [-0.25, -0.2) is 0 Å². The number of aliphatic hydroxyl groups is 2. The van der Waals surface area contributed by atoms with E-state index in [9.17, 15) is 10.2 Å². The highest BCUT2D eigenvalue weighted by atomic mass is 127. The SMILES string of the molecule is C=C(OC1C[C@]12NC(c1c[nH]c3c1NC=NC3)[C@H](O)[C@@H]2O)P(C)CI. The van der Waals surface area contributed by atoms with Gasteiger partial charge in [-0.2, -0.15) is 0 Å². The molecule has 1 aliphatic carbocycles. The quantitative estimate of drug-likeness (QED) is 0.193. The molecule has 1 saturated heterocycles. The first-order valence-electron chi connectivity index (χ1n) is 8.19. The van der Waals surface area contributed by atoms with E-state index in [4.69, 9.17) is 4.74 Å². The Bertz CT molecular complexity index is 726. The summed E-state index contributed by atoms with van der Waals surface area (Å²) in [6.07, 6.45) is 2.29. The maximum atomic E-state index is 10.7. The van der Waals surface area contributed by atoms with Crippen molar-refractivity contribution in [3.63, 3.8) is 0 Å². The molecular weight excluding hydrogens is 454 g/mol. The van der Waals surface area contributed by atoms with Crippen molar-refractivity contribution in [3.05, 3.63) is 29.5 Å². The predicted octanol–water partition coefficient (Wildman–Crippen LogP) is 1.84. The van der Waals surface area contributed by atoms with Gasteiger partial charge in [0.25, 0.3) is 0 Å². The molecule has 2 aliphatic heterocycles. The molecule has 5 N–H and O–H groups in total. The minimum absolute atomic E-state index is 0.146. The molecule has 3 unspecified atom stereocenters. The van der Waals surface area contributed by atoms with Crippen LogP contribution in [0.2, 0.25) is 0 Å². The van der Waals surface area contributed by atoms with Crippen LogP contribution in [0.25, 0.3) is 0 Å². The normalized spacial score (nSPS) is 36.8. The minimum atomic E-state index is -0.893. The summed E-state index contributed by atoms with van der Waals surface area (Å²) >= 11 is 2.34. The summed E-state index contributed by atoms with van der Waals surface area (Å²) in [4.78, 5) is 7.37. The Morgan fingerprint density at radius 2 is 2.36 bits per heavy atom. The second-order valence-electron chi connectivity index (χ2n) is 6.83. The van der Waals surface area contributed by atoms with E-state index in [-0.39, 0.29) is 20.1 Å². The number of aliphatic hydroxyl groups excluding tert-OH is 2. The Hall–Kier alpha value is -0.670. The first-order chi connectivity index (χ1) is 12.0. The van der Waals surface area contributed by atoms with Gasteiger partial charge >= 0.3 is 0 Å². The zero-order chi connectivity index (χ0) is 17.8. The Morgan fingerprint density at radius 3 is 3.12 bits per heavy atom. The van der Waals surface area contributed by atoms with Crippen molar-refractivity contribution >= 4 is 42.5 Å². The van der Waals surface area contributed by atoms with Crippen LogP contribution in [-0.4, -0.2) is 56.2 Å². The molecule has 0 amide bonds. The fourth-order valence-electron chi connectivity index (χ4n) is 3.66. The number of fused-ring (bicyclic) bond motifs is 1. The number of alkyl halides is 1. The van der Waals surface area contributed by atoms with Gasteiger partial charge in [0.05, 0.1) is 35.8 Å². The number of nitrogens with one attached hydrogen (secondary N) is 3. The highest BCUT2D eigenvalue weighted by Gasteiger charge is 2.69. The monoisotopic (exact) mass is 476 g/mol. The van der Waals surface area contributed by atoms with Crippen LogP contribution in [0.15, 0.2) is 23.3 Å². The average molecular weight is 476 g/mol. The first-order valence-corrected chi connectivity index (χ1v) is 11.7. The van der Waals surface area contributed by atoms with E-state index in [1.54, 1.807) is 6.34 Å². The molecule has 2 fully saturated rings. The molecule has 7 nitrogen and oxygen atoms in total. The topological polar surface area (TPSA) is 102 Å². The van der Waals surface area contributed by atoms with Gasteiger partial charge in [0, 0.05) is 22.3 Å². The van der Waals surface area contributed by atoms with Gasteiger partial charge < -0.3 is 25.3 Å². The molecular formula is C16H22IN4O3P. The maximum absolute atomic E-state index is 10.7. The van der Waals surface area contributed by atoms with Crippen LogP contribution in [-0.2, 0) is 11.3 Å². The Labute approximate surface area is 161 Å². The number of aromatic nitrogens is 1. The van der Waals surface area contributed by atoms with Crippen molar-refractivity contribution in [2.75, 3.05) is 16.2 Å². The van der Waals surface area contributed by atoms with Crippen molar-refractivity contribution in [2.24, 2.45) is 4.99 Å². The van der Waals surface area contributed by atoms with Crippen molar-refractivity contribution in [3.8, 4) is 0 Å². The van der Waals surface area contributed by atoms with E-state index in [0.717, 1.165) is 26.6 Å². The first kappa shape index (κ1) is 17.7. The lowest BCUT2D eigenvalue weighted by Crippen LogP contribution is -2.39. The molecule has 3 aliphatic rings. The largest absolute Gasteiger partial charge is 0.489 e. The fourth-order valence-corrected chi connectivity index (χ4v) is 5.24. The molecule has 0 bridgehead atoms. The maximum Gasteiger partial charge on any atom is 0.122 e. The van der Waals surface area contributed by atoms with Gasteiger partial charge in [0.15, 0.2) is 0 Å². The predicted molar refractivity (Wildman–Crippen MR) is 108 cm³/mol. The number of hydrogen-bond donors (Lipinski definition) is 5. The van der Waals surface area contributed by atoms with E-state index in [2.05, 4.69) is 56.4 Å². The zero-order valence-electron chi connectivity index (χ0n) is 13.9. The lowest BCUT2D eigenvalue weighted by atomic mass is 10.0. The molecule has 1 aromatic rings. The van der Waals surface area contributed by atoms with Crippen LogP contribution in [0.4, 0.5) is 5.69 Å². The number of nitrogens with zero attached hydrogens (tertiary/aromatic N) is 1. The van der Waals surface area contributed by atoms with Gasteiger partial charge in [-0.1, -0.05) is 29.2 Å². The van der Waals surface area contributed by atoms with Crippen molar-refractivity contribution < 1.29 is 14.9 Å². The zero-order valence-corrected chi connectivity index (χ0v) is 16.9. The van der Waals surface area contributed by atoms with Crippen LogP contribution >= 0.6 is 30.5 Å². The lowest BCUT2D eigenvalue weighted by Gasteiger charge is -2.19. The van der Waals surface area contributed by atoms with Crippen molar-refractivity contribution in [2.45, 2.75) is 42.9 Å². The summed E-state index contributed by atoms with van der Waals surface area (Å²) < 4.78 is 7.00. The van der Waals surface area contributed by atoms with E-state index in [1.165, 1.54) is 0 Å². The fraction of sp³-hybridized carbons (Fsp3) is 0.562. The molecule has 1 spiro atoms. The van der Waals surface area contributed by atoms with Crippen molar-refractivity contribution in [1.29, 1.82) is 0 Å². The lowest BCUT2D eigenvalue weighted by molar-refractivity contribution is 0.0146. The van der Waals surface area contributed by atoms with Crippen LogP contribution < -0.4 is 10.6 Å². The average Bonchev–Trinajstić information content (AvgIpc) is 3.03. The van der Waals surface area contributed by atoms with Gasteiger partial charge in [-0.3, -0.25) is 10.3 Å². The van der Waals surface area contributed by atoms with Crippen LogP contribution in [0.3, 0.4) is 0 Å². The summed E-state index contributed by atoms with van der Waals surface area (Å²) in [5, 5.41) is 27.9. The van der Waals surface area contributed by atoms with Crippen LogP contribution in [0.1, 0.15) is 23.7 Å². The smallest absolute Gasteiger partial charge is 0.122 e. The molecule has 6 atom stereocenters. The third-order valence-corrected chi connectivity index (χ3v) is 9.70. The Morgan fingerprint density at radius 1 is 1.56 bits per heavy atom. The van der Waals surface area contributed by atoms with Crippen molar-refractivity contribution in [1.82, 2.24) is 10.3 Å². The molecule has 9 heteroatoms. The number of aliphatic imine (C=N–C) groups is 1. The van der Waals surface area contributed by atoms with Gasteiger partial charge in [0.1, 0.15) is 23.8 Å². The van der Waals surface area contributed by atoms with Crippen LogP contribution in [0.5, 0.6) is 0 Å². The molecule has 136 valence electrons. The standard InChI is InChI=1S/C16H22IN4O3P/c1-8(25(2)6-17)24-11-3-16(11)15(23)14(22)13(21-16)9-4-19-10-5-18-7-20-12(9)10/h4,7,11,13-15,19,21-23H,1,3,5-6H2,2H3,(H,18,20)/t11?,13?,14-,15-,16-,25?/m0/s1. The third kappa shape index (κ3) is 2.82. The van der Waals surface area contributed by atoms with E-state index >= 15 is 0 Å². The molecule has 1 saturated carbocycles. The minimum Gasteiger partial charge on any atom is -0.489 e. The molecule has 0 radical (unpaired) electrons. The molecule has 4 rings (SSSR count). The number of hydrogen-bond acceptors (Lipinski definition) is 6. The van der Waals surface area contributed by atoms with Gasteiger partial charge in [-0.15, -0.1) is 0 Å². The highest BCUT2D eigenvalue weighted by molar-refractivity contribution is 14.1. The number of H-pyrrole nitrogens is 1. The highest BCUT2D eigenvalue weighted by Crippen LogP contribution is 2.54. The third-order valence-electron chi connectivity index (χ3n) is 5.31. The van der Waals surface area contributed by atoms with Crippen LogP contribution in [0, 0.1) is 0 Å². The number of aromatic amines is 1. The second kappa shape index (κ2) is 6.49. The Balaban J connectivity index is 1.51. The van der Waals surface area contributed by atoms with E-state index in [0.29, 0.717) is 13.0 Å².